The number of amidine groups is 1. The van der Waals surface area contributed by atoms with E-state index in [1.807, 2.05) is 13.8 Å². The number of nitrogens with zero attached hydrogens (tertiary/aromatic N) is 1. The lowest BCUT2D eigenvalue weighted by atomic mass is 9.96. The molecule has 0 bridgehead atoms. The van der Waals surface area contributed by atoms with Gasteiger partial charge in [-0.15, -0.1) is 0 Å². The van der Waals surface area contributed by atoms with Crippen molar-refractivity contribution < 1.29 is 14.7 Å². The summed E-state index contributed by atoms with van der Waals surface area (Å²) in [7, 11) is 0. The number of carbonyl (C=O) groups is 1. The van der Waals surface area contributed by atoms with Crippen LogP contribution in [-0.4, -0.2) is 35.2 Å². The summed E-state index contributed by atoms with van der Waals surface area (Å²) < 4.78 is 5.22. The fraction of sp³-hybridized carbons (Fsp3) is 0.818. The smallest absolute Gasteiger partial charge is 0.246 e. The highest BCUT2D eigenvalue weighted by Crippen LogP contribution is 2.29. The van der Waals surface area contributed by atoms with Crippen molar-refractivity contribution in [1.82, 2.24) is 5.32 Å². The van der Waals surface area contributed by atoms with Crippen LogP contribution in [0, 0.1) is 0 Å². The van der Waals surface area contributed by atoms with E-state index in [9.17, 15) is 4.79 Å². The molecular formula is C11H21N3O3. The summed E-state index contributed by atoms with van der Waals surface area (Å²) in [6.07, 6.45) is 3.33. The summed E-state index contributed by atoms with van der Waals surface area (Å²) in [5.41, 5.74) is 4.97. The minimum Gasteiger partial charge on any atom is -0.409 e. The van der Waals surface area contributed by atoms with Crippen molar-refractivity contribution in [3.05, 3.63) is 0 Å². The van der Waals surface area contributed by atoms with E-state index in [1.54, 1.807) is 0 Å². The molecule has 0 radical (unpaired) electrons. The van der Waals surface area contributed by atoms with Crippen molar-refractivity contribution in [1.29, 1.82) is 0 Å². The summed E-state index contributed by atoms with van der Waals surface area (Å²) in [6, 6.07) is 0. The van der Waals surface area contributed by atoms with Gasteiger partial charge in [-0.1, -0.05) is 18.0 Å². The van der Waals surface area contributed by atoms with Crippen LogP contribution in [0.1, 0.15) is 39.5 Å². The highest BCUT2D eigenvalue weighted by Gasteiger charge is 2.39. The SMILES string of the molecule is CC(C)OCC(=O)NC1(C(N)=NO)CCCC1. The molecule has 0 saturated heterocycles. The van der Waals surface area contributed by atoms with Crippen LogP contribution in [0.5, 0.6) is 0 Å². The zero-order valence-corrected chi connectivity index (χ0v) is 10.4. The third-order valence-electron chi connectivity index (χ3n) is 2.98. The number of ether oxygens (including phenoxy) is 1. The van der Waals surface area contributed by atoms with E-state index in [1.165, 1.54) is 0 Å². The van der Waals surface area contributed by atoms with Crippen LogP contribution in [0.2, 0.25) is 0 Å². The van der Waals surface area contributed by atoms with Gasteiger partial charge in [-0.3, -0.25) is 4.79 Å². The fourth-order valence-electron chi connectivity index (χ4n) is 2.06. The Bertz CT molecular complexity index is 296. The van der Waals surface area contributed by atoms with E-state index in [0.29, 0.717) is 12.8 Å². The zero-order valence-electron chi connectivity index (χ0n) is 10.4. The average Bonchev–Trinajstić information content (AvgIpc) is 2.75. The first-order valence-corrected chi connectivity index (χ1v) is 5.91. The minimum absolute atomic E-state index is 0.00186. The molecule has 0 unspecified atom stereocenters. The molecule has 1 fully saturated rings. The predicted molar refractivity (Wildman–Crippen MR) is 63.8 cm³/mol. The standard InChI is InChI=1S/C11H21N3O3/c1-8(2)17-7-9(15)13-11(10(12)14-16)5-3-4-6-11/h8,16H,3-7H2,1-2H3,(H2,12,14)(H,13,15). The first kappa shape index (κ1) is 13.8. The second kappa shape index (κ2) is 5.86. The van der Waals surface area contributed by atoms with Crippen LogP contribution >= 0.6 is 0 Å². The molecule has 0 aliphatic heterocycles. The van der Waals surface area contributed by atoms with E-state index >= 15 is 0 Å². The normalized spacial score (nSPS) is 19.6. The number of oxime groups is 1. The number of rotatable bonds is 5. The highest BCUT2D eigenvalue weighted by molar-refractivity contribution is 5.94. The number of carbonyl (C=O) groups excluding carboxylic acids is 1. The maximum atomic E-state index is 11.7. The summed E-state index contributed by atoms with van der Waals surface area (Å²) >= 11 is 0. The Hall–Kier alpha value is -1.30. The lowest BCUT2D eigenvalue weighted by Crippen LogP contribution is -2.56. The Morgan fingerprint density at radius 1 is 1.53 bits per heavy atom. The van der Waals surface area contributed by atoms with E-state index < -0.39 is 5.54 Å². The van der Waals surface area contributed by atoms with Gasteiger partial charge in [0.15, 0.2) is 5.84 Å². The Morgan fingerprint density at radius 3 is 2.59 bits per heavy atom. The summed E-state index contributed by atoms with van der Waals surface area (Å²) in [4.78, 5) is 11.7. The van der Waals surface area contributed by atoms with Crippen LogP contribution in [0.4, 0.5) is 0 Å². The zero-order chi connectivity index (χ0) is 12.9. The van der Waals surface area contributed by atoms with Gasteiger partial charge in [0.05, 0.1) is 6.10 Å². The van der Waals surface area contributed by atoms with Crippen molar-refractivity contribution in [3.8, 4) is 0 Å². The molecular weight excluding hydrogens is 222 g/mol. The van der Waals surface area contributed by atoms with E-state index in [4.69, 9.17) is 15.7 Å². The minimum atomic E-state index is -0.688. The largest absolute Gasteiger partial charge is 0.409 e. The van der Waals surface area contributed by atoms with Crippen LogP contribution < -0.4 is 11.1 Å². The van der Waals surface area contributed by atoms with Crippen molar-refractivity contribution in [2.75, 3.05) is 6.61 Å². The molecule has 0 spiro atoms. The third-order valence-corrected chi connectivity index (χ3v) is 2.98. The average molecular weight is 243 g/mol. The molecule has 0 aromatic rings. The van der Waals surface area contributed by atoms with Gasteiger partial charge in [0.2, 0.25) is 5.91 Å². The molecule has 1 aliphatic rings. The summed E-state index contributed by atoms with van der Waals surface area (Å²) in [6.45, 7) is 3.72. The van der Waals surface area contributed by atoms with Crippen molar-refractivity contribution in [3.63, 3.8) is 0 Å². The molecule has 0 heterocycles. The summed E-state index contributed by atoms with van der Waals surface area (Å²) in [5, 5.41) is 14.6. The topological polar surface area (TPSA) is 96.9 Å². The molecule has 1 amide bonds. The maximum absolute atomic E-state index is 11.7. The van der Waals surface area contributed by atoms with Crippen LogP contribution in [0.25, 0.3) is 0 Å². The number of hydrogen-bond donors (Lipinski definition) is 3. The lowest BCUT2D eigenvalue weighted by Gasteiger charge is -2.28. The number of amides is 1. The predicted octanol–water partition coefficient (Wildman–Crippen LogP) is 0.587. The van der Waals surface area contributed by atoms with Crippen LogP contribution in [0.3, 0.4) is 0 Å². The van der Waals surface area contributed by atoms with Crippen LogP contribution in [0.15, 0.2) is 5.16 Å². The second-order valence-corrected chi connectivity index (χ2v) is 4.68. The number of hydrogen-bond acceptors (Lipinski definition) is 4. The van der Waals surface area contributed by atoms with Gasteiger partial charge in [0, 0.05) is 0 Å². The van der Waals surface area contributed by atoms with Gasteiger partial charge in [0.25, 0.3) is 0 Å². The molecule has 17 heavy (non-hydrogen) atoms. The van der Waals surface area contributed by atoms with Gasteiger partial charge in [-0.2, -0.15) is 0 Å². The van der Waals surface area contributed by atoms with Crippen molar-refractivity contribution >= 4 is 11.7 Å². The molecule has 6 heteroatoms. The van der Waals surface area contributed by atoms with Gasteiger partial charge in [-0.25, -0.2) is 0 Å². The van der Waals surface area contributed by atoms with Crippen LogP contribution in [-0.2, 0) is 9.53 Å². The molecule has 1 aliphatic carbocycles. The van der Waals surface area contributed by atoms with Crippen molar-refractivity contribution in [2.45, 2.75) is 51.2 Å². The van der Waals surface area contributed by atoms with Gasteiger partial charge in [0.1, 0.15) is 12.1 Å². The third kappa shape index (κ3) is 3.59. The molecule has 0 atom stereocenters. The second-order valence-electron chi connectivity index (χ2n) is 4.68. The number of nitrogens with one attached hydrogen (secondary N) is 1. The Kier molecular flexibility index (Phi) is 4.74. The van der Waals surface area contributed by atoms with E-state index in [2.05, 4.69) is 10.5 Å². The van der Waals surface area contributed by atoms with Gasteiger partial charge < -0.3 is 21.0 Å². The molecule has 0 aromatic carbocycles. The molecule has 1 saturated carbocycles. The first-order chi connectivity index (χ1) is 8.00. The highest BCUT2D eigenvalue weighted by atomic mass is 16.5. The lowest BCUT2D eigenvalue weighted by molar-refractivity contribution is -0.128. The Morgan fingerprint density at radius 2 is 2.12 bits per heavy atom. The van der Waals surface area contributed by atoms with Gasteiger partial charge >= 0.3 is 0 Å². The Balaban J connectivity index is 2.59. The van der Waals surface area contributed by atoms with Gasteiger partial charge in [-0.05, 0) is 26.7 Å². The molecule has 4 N–H and O–H groups in total. The monoisotopic (exact) mass is 243 g/mol. The fourth-order valence-corrected chi connectivity index (χ4v) is 2.06. The van der Waals surface area contributed by atoms with E-state index in [-0.39, 0.29) is 24.5 Å². The molecule has 98 valence electrons. The quantitative estimate of drug-likeness (QED) is 0.285. The Labute approximate surface area is 101 Å². The summed E-state index contributed by atoms with van der Waals surface area (Å²) in [5.74, 6) is -0.153. The number of nitrogens with two attached hydrogens (primary N) is 1. The molecule has 0 aromatic heterocycles. The maximum Gasteiger partial charge on any atom is 0.246 e. The first-order valence-electron chi connectivity index (χ1n) is 5.91. The molecule has 6 nitrogen and oxygen atoms in total. The van der Waals surface area contributed by atoms with E-state index in [0.717, 1.165) is 12.8 Å². The molecule has 1 rings (SSSR count). The van der Waals surface area contributed by atoms with Crippen molar-refractivity contribution in [2.24, 2.45) is 10.9 Å².